The number of ether oxygens (including phenoxy) is 3. The third-order valence-corrected chi connectivity index (χ3v) is 14.7. The zero-order valence-electron chi connectivity index (χ0n) is 52.3. The highest BCUT2D eigenvalue weighted by Crippen LogP contribution is 2.33. The number of carbonyl (C=O) groups is 10. The van der Waals surface area contributed by atoms with Crippen LogP contribution in [0.15, 0.2) is 85.0 Å². The molecule has 1 aliphatic heterocycles. The Morgan fingerprint density at radius 1 is 0.685 bits per heavy atom. The maximum atomic E-state index is 14.0. The van der Waals surface area contributed by atoms with Gasteiger partial charge in [-0.15, -0.1) is 0 Å². The first kappa shape index (κ1) is 66.7. The average molecular weight is 1260 g/mol. The van der Waals surface area contributed by atoms with E-state index in [1.807, 2.05) is 13.8 Å². The Morgan fingerprint density at radius 3 is 1.71 bits per heavy atom. The van der Waals surface area contributed by atoms with Crippen molar-refractivity contribution in [1.29, 1.82) is 0 Å². The quantitative estimate of drug-likeness (QED) is 0.0195. The molecule has 8 rings (SSSR count). The van der Waals surface area contributed by atoms with E-state index in [1.165, 1.54) is 43.2 Å². The van der Waals surface area contributed by atoms with Crippen LogP contribution in [0.5, 0.6) is 11.5 Å². The predicted octanol–water partition coefficient (Wildman–Crippen LogP) is 4.34. The van der Waals surface area contributed by atoms with Crippen molar-refractivity contribution in [3.63, 3.8) is 0 Å². The molecule has 0 bridgehead atoms. The maximum absolute atomic E-state index is 14.0. The van der Waals surface area contributed by atoms with Crippen LogP contribution in [-0.2, 0) is 61.5 Å². The number of nitrogens with two attached hydrogens (primary N) is 2. The van der Waals surface area contributed by atoms with Crippen molar-refractivity contribution in [1.82, 2.24) is 59.1 Å². The Bertz CT molecular complexity index is 4060. The Hall–Kier alpha value is -11.2. The van der Waals surface area contributed by atoms with Gasteiger partial charge in [-0.3, -0.25) is 68.0 Å². The lowest BCUT2D eigenvalue weighted by Gasteiger charge is -2.24. The van der Waals surface area contributed by atoms with Crippen LogP contribution in [0.3, 0.4) is 0 Å². The topological polar surface area (TPSA) is 388 Å². The molecule has 92 heavy (non-hydrogen) atoms. The summed E-state index contributed by atoms with van der Waals surface area (Å²) in [5.74, 6) is -4.97. The molecule has 4 aromatic heterocycles. The molecule has 7 aromatic rings. The molecule has 0 saturated heterocycles. The Kier molecular flexibility index (Phi) is 21.3. The summed E-state index contributed by atoms with van der Waals surface area (Å²) in [5.41, 5.74) is 15.9. The van der Waals surface area contributed by atoms with E-state index in [4.69, 9.17) is 35.6 Å². The number of benzene rings is 3. The molecule has 0 fully saturated rings. The van der Waals surface area contributed by atoms with E-state index in [1.54, 1.807) is 102 Å². The third-order valence-electron chi connectivity index (χ3n) is 14.7. The van der Waals surface area contributed by atoms with Crippen molar-refractivity contribution in [2.45, 2.75) is 106 Å². The maximum Gasteiger partial charge on any atom is 0.409 e. The minimum Gasteiger partial charge on any atom is -0.494 e. The number of allylic oxidation sites excluding steroid dienone is 2. The van der Waals surface area contributed by atoms with Gasteiger partial charge in [-0.25, -0.2) is 14.8 Å². The summed E-state index contributed by atoms with van der Waals surface area (Å²) in [5, 5.41) is 22.6. The number of primary amides is 2. The zero-order chi connectivity index (χ0) is 66.7. The first-order valence-corrected chi connectivity index (χ1v) is 29.5. The number of methoxy groups -OCH3 is 1. The molecule has 2 atom stereocenters. The van der Waals surface area contributed by atoms with E-state index in [9.17, 15) is 47.9 Å². The smallest absolute Gasteiger partial charge is 0.409 e. The molecule has 0 aliphatic carbocycles. The van der Waals surface area contributed by atoms with E-state index in [2.05, 4.69) is 36.8 Å². The Morgan fingerprint density at radius 2 is 1.21 bits per heavy atom. The summed E-state index contributed by atoms with van der Waals surface area (Å²) >= 11 is 0. The molecule has 9 N–H and O–H groups in total. The Labute approximate surface area is 527 Å². The van der Waals surface area contributed by atoms with Gasteiger partial charge in [-0.2, -0.15) is 10.2 Å². The Balaban J connectivity index is 0.923. The van der Waals surface area contributed by atoms with Gasteiger partial charge in [0, 0.05) is 81.7 Å². The molecular formula is C62H73N17O13. The van der Waals surface area contributed by atoms with Crippen LogP contribution in [0.25, 0.3) is 22.1 Å². The van der Waals surface area contributed by atoms with Crippen molar-refractivity contribution >= 4 is 98.9 Å². The number of imide groups is 1. The van der Waals surface area contributed by atoms with Crippen LogP contribution in [0.1, 0.15) is 106 Å². The molecule has 5 heterocycles. The van der Waals surface area contributed by atoms with Crippen LogP contribution in [0, 0.1) is 19.8 Å². The summed E-state index contributed by atoms with van der Waals surface area (Å²) in [7, 11) is 2.98. The van der Waals surface area contributed by atoms with E-state index < -0.39 is 71.3 Å². The summed E-state index contributed by atoms with van der Waals surface area (Å²) in [6, 6.07) is 13.7. The number of rotatable bonds is 29. The molecule has 484 valence electrons. The number of amides is 10. The van der Waals surface area contributed by atoms with Crippen LogP contribution in [0.2, 0.25) is 0 Å². The number of anilines is 3. The molecule has 0 saturated carbocycles. The number of carbonyl (C=O) groups excluding carboxylic acids is 10. The second kappa shape index (κ2) is 29.4. The minimum absolute atomic E-state index is 0.0163. The highest BCUT2D eigenvalue weighted by Gasteiger charge is 2.30. The fourth-order valence-corrected chi connectivity index (χ4v) is 9.97. The van der Waals surface area contributed by atoms with Gasteiger partial charge in [-0.1, -0.05) is 38.1 Å². The van der Waals surface area contributed by atoms with Crippen molar-refractivity contribution in [3.05, 3.63) is 124 Å². The zero-order valence-corrected chi connectivity index (χ0v) is 52.3. The molecule has 0 radical (unpaired) electrons. The van der Waals surface area contributed by atoms with Gasteiger partial charge < -0.3 is 55.7 Å². The second-order valence-corrected chi connectivity index (χ2v) is 21.9. The van der Waals surface area contributed by atoms with Gasteiger partial charge in [0.2, 0.25) is 41.4 Å². The largest absolute Gasteiger partial charge is 0.494 e. The SMILES string of the molecule is CCn1nc(C)cc1C(=O)Nc1nc2cc(C(N)=O)cc(OC)c2n1C/C=C/Cn1c(NC(=O)c2cc(C)nn2CC)nc2cc(C(N)=O)cc(OCCCN(C)C(=O)OCc3ccc(NC(=O)[C@H](C)NC(=O)C(NC(=O)CCN4C(=O)C=CC4=O)C(C)C)cc3)c21. The van der Waals surface area contributed by atoms with Crippen LogP contribution >= 0.6 is 0 Å². The first-order valence-electron chi connectivity index (χ1n) is 29.5. The summed E-state index contributed by atoms with van der Waals surface area (Å²) < 4.78 is 24.2. The fraction of sp³-hybridized carbons (Fsp3) is 0.355. The van der Waals surface area contributed by atoms with E-state index in [0.717, 1.165) is 17.1 Å². The predicted molar refractivity (Wildman–Crippen MR) is 336 cm³/mol. The van der Waals surface area contributed by atoms with Gasteiger partial charge in [0.25, 0.3) is 23.6 Å². The van der Waals surface area contributed by atoms with E-state index in [0.29, 0.717) is 58.0 Å². The monoisotopic (exact) mass is 1260 g/mol. The number of aryl methyl sites for hydroxylation is 4. The molecule has 0 spiro atoms. The van der Waals surface area contributed by atoms with Gasteiger partial charge in [0.15, 0.2) is 0 Å². The summed E-state index contributed by atoms with van der Waals surface area (Å²) in [6.07, 6.45) is 5.21. The normalized spacial score (nSPS) is 12.8. The average Bonchev–Trinajstić information content (AvgIpc) is 1.65. The van der Waals surface area contributed by atoms with Gasteiger partial charge >= 0.3 is 6.09 Å². The van der Waals surface area contributed by atoms with Crippen LogP contribution < -0.4 is 47.5 Å². The number of aromatic nitrogens is 8. The summed E-state index contributed by atoms with van der Waals surface area (Å²) in [6.45, 7) is 13.0. The molecule has 30 nitrogen and oxygen atoms in total. The molecule has 1 aliphatic rings. The minimum atomic E-state index is -1.02. The number of nitrogens with zero attached hydrogens (tertiary/aromatic N) is 10. The van der Waals surface area contributed by atoms with E-state index >= 15 is 0 Å². The lowest BCUT2D eigenvalue weighted by Crippen LogP contribution is -2.54. The van der Waals surface area contributed by atoms with Gasteiger partial charge in [0.1, 0.15) is 52.6 Å². The number of fused-ring (bicyclic) bond motifs is 2. The highest BCUT2D eigenvalue weighted by molar-refractivity contribution is 6.13. The molecule has 10 amide bonds. The number of nitrogens with one attached hydrogen (secondary N) is 5. The lowest BCUT2D eigenvalue weighted by molar-refractivity contribution is -0.137. The number of hydrogen-bond acceptors (Lipinski definition) is 17. The van der Waals surface area contributed by atoms with E-state index in [-0.39, 0.29) is 104 Å². The third kappa shape index (κ3) is 15.8. The van der Waals surface area contributed by atoms with Crippen molar-refractivity contribution in [2.75, 3.05) is 49.8 Å². The molecule has 3 aromatic carbocycles. The van der Waals surface area contributed by atoms with Crippen molar-refractivity contribution in [3.8, 4) is 11.5 Å². The second-order valence-electron chi connectivity index (χ2n) is 21.9. The van der Waals surface area contributed by atoms with Crippen LogP contribution in [-0.4, -0.2) is 154 Å². The molecule has 30 heteroatoms. The number of hydrogen-bond donors (Lipinski definition) is 7. The molecule has 1 unspecified atom stereocenters. The number of imidazole rings is 2. The van der Waals surface area contributed by atoms with Gasteiger partial charge in [-0.05, 0) is 101 Å². The summed E-state index contributed by atoms with van der Waals surface area (Å²) in [4.78, 5) is 141. The van der Waals surface area contributed by atoms with Crippen molar-refractivity contribution < 1.29 is 62.2 Å². The standard InChI is InChI=1S/C62H73N17O13/c1-10-78-44(27-35(5)72-78)57(86)70-60-67-42-29-39(54(63)83)31-46(90-9)52(42)76(60)23-12-13-24-77-53-43(68-61(77)71-58(87)45-28-36(6)73-79(45)11-2)30-40(55(64)84)32-47(53)91-26-14-22-74(8)62(89)92-33-38-15-17-41(18-16-38)66-56(85)37(7)65-59(88)51(34(3)4)69-48(80)21-25-75-49(81)19-20-50(75)82/h12-13,15-20,27-32,34,37,51H,10-11,14,21-26,33H2,1-9H3,(H2,63,83)(H2,64,84)(H,65,88)(H,66,85)(H,69,80)(H,67,70,86)(H,68,71,87)/b13-12+/t37-,51?/m0/s1. The lowest BCUT2D eigenvalue weighted by atomic mass is 10.0. The first-order chi connectivity index (χ1) is 43.9. The van der Waals surface area contributed by atoms with Crippen molar-refractivity contribution in [2.24, 2.45) is 17.4 Å². The van der Waals surface area contributed by atoms with Crippen LogP contribution in [0.4, 0.5) is 22.4 Å². The van der Waals surface area contributed by atoms with Gasteiger partial charge in [0.05, 0.1) is 36.1 Å². The molecular weight excluding hydrogens is 1190 g/mol. The highest BCUT2D eigenvalue weighted by atomic mass is 16.6. The fourth-order valence-electron chi connectivity index (χ4n) is 9.97.